The van der Waals surface area contributed by atoms with E-state index in [1.807, 2.05) is 0 Å². The second-order valence-corrected chi connectivity index (χ2v) is 4.63. The van der Waals surface area contributed by atoms with Crippen LogP contribution in [0.15, 0.2) is 42.5 Å². The highest BCUT2D eigenvalue weighted by atomic mass is 19.1. The van der Waals surface area contributed by atoms with Crippen molar-refractivity contribution < 1.29 is 13.9 Å². The number of carbonyl (C=O) groups excluding carboxylic acids is 1. The van der Waals surface area contributed by atoms with Gasteiger partial charge in [0.25, 0.3) is 5.91 Å². The number of aryl methyl sites for hydroxylation is 1. The molecule has 0 saturated heterocycles. The van der Waals surface area contributed by atoms with E-state index in [0.29, 0.717) is 30.2 Å². The van der Waals surface area contributed by atoms with Gasteiger partial charge in [-0.1, -0.05) is 6.07 Å². The number of benzene rings is 2. The van der Waals surface area contributed by atoms with Crippen molar-refractivity contribution in [3.63, 3.8) is 0 Å². The number of hydrogen-bond acceptors (Lipinski definition) is 3. The fraction of sp³-hybridized carbons (Fsp3) is 0.188. The van der Waals surface area contributed by atoms with Gasteiger partial charge in [-0.15, -0.1) is 0 Å². The van der Waals surface area contributed by atoms with Crippen LogP contribution in [0.5, 0.6) is 5.75 Å². The Bertz CT molecular complexity index is 627. The summed E-state index contributed by atoms with van der Waals surface area (Å²) in [5.41, 5.74) is 7.30. The van der Waals surface area contributed by atoms with Gasteiger partial charge in [0.15, 0.2) is 0 Å². The predicted molar refractivity (Wildman–Crippen MR) is 79.8 cm³/mol. The van der Waals surface area contributed by atoms with E-state index in [9.17, 15) is 9.18 Å². The van der Waals surface area contributed by atoms with E-state index in [2.05, 4.69) is 5.32 Å². The van der Waals surface area contributed by atoms with Crippen LogP contribution in [0, 0.1) is 12.7 Å². The Morgan fingerprint density at radius 2 is 1.95 bits per heavy atom. The molecule has 0 aliphatic heterocycles. The van der Waals surface area contributed by atoms with Crippen molar-refractivity contribution in [2.24, 2.45) is 0 Å². The smallest absolute Gasteiger partial charge is 0.251 e. The summed E-state index contributed by atoms with van der Waals surface area (Å²) >= 11 is 0. The maximum absolute atomic E-state index is 13.1. The average Bonchev–Trinajstić information content (AvgIpc) is 2.47. The van der Waals surface area contributed by atoms with Crippen LogP contribution in [0.2, 0.25) is 0 Å². The zero-order chi connectivity index (χ0) is 15.2. The van der Waals surface area contributed by atoms with Gasteiger partial charge >= 0.3 is 0 Å². The van der Waals surface area contributed by atoms with Crippen LogP contribution in [0.25, 0.3) is 0 Å². The minimum atomic E-state index is -0.427. The molecular weight excluding hydrogens is 271 g/mol. The number of nitrogens with two attached hydrogens (primary N) is 1. The van der Waals surface area contributed by atoms with Gasteiger partial charge in [-0.05, 0) is 48.9 Å². The van der Waals surface area contributed by atoms with Gasteiger partial charge in [0, 0.05) is 11.3 Å². The molecule has 0 radical (unpaired) electrons. The number of anilines is 1. The molecule has 4 nitrogen and oxygen atoms in total. The molecule has 21 heavy (non-hydrogen) atoms. The maximum Gasteiger partial charge on any atom is 0.251 e. The average molecular weight is 288 g/mol. The van der Waals surface area contributed by atoms with Gasteiger partial charge in [0.2, 0.25) is 0 Å². The summed E-state index contributed by atoms with van der Waals surface area (Å²) in [5.74, 6) is -0.0582. The third-order valence-corrected chi connectivity index (χ3v) is 2.98. The topological polar surface area (TPSA) is 64.3 Å². The van der Waals surface area contributed by atoms with E-state index >= 15 is 0 Å². The van der Waals surface area contributed by atoms with Crippen LogP contribution in [0.3, 0.4) is 0 Å². The lowest BCUT2D eigenvalue weighted by Gasteiger charge is -2.09. The van der Waals surface area contributed by atoms with Gasteiger partial charge in [-0.2, -0.15) is 0 Å². The van der Waals surface area contributed by atoms with Crippen LogP contribution < -0.4 is 15.8 Å². The second kappa shape index (κ2) is 6.74. The van der Waals surface area contributed by atoms with Crippen LogP contribution in [-0.4, -0.2) is 19.1 Å². The van der Waals surface area contributed by atoms with Crippen LogP contribution in [0.1, 0.15) is 15.9 Å². The number of hydrogen-bond donors (Lipinski definition) is 2. The Balaban J connectivity index is 1.81. The van der Waals surface area contributed by atoms with Crippen molar-refractivity contribution >= 4 is 11.6 Å². The van der Waals surface area contributed by atoms with E-state index in [1.54, 1.807) is 37.3 Å². The van der Waals surface area contributed by atoms with Crippen molar-refractivity contribution in [3.05, 3.63) is 59.4 Å². The highest BCUT2D eigenvalue weighted by Crippen LogP contribution is 2.13. The van der Waals surface area contributed by atoms with Crippen molar-refractivity contribution in [1.82, 2.24) is 5.32 Å². The number of rotatable bonds is 5. The molecule has 0 aliphatic rings. The molecule has 2 aromatic carbocycles. The molecule has 2 rings (SSSR count). The minimum Gasteiger partial charge on any atom is -0.492 e. The molecule has 0 unspecified atom stereocenters. The zero-order valence-electron chi connectivity index (χ0n) is 11.7. The van der Waals surface area contributed by atoms with Crippen LogP contribution in [-0.2, 0) is 0 Å². The summed E-state index contributed by atoms with van der Waals surface area (Å²) in [4.78, 5) is 11.9. The first kappa shape index (κ1) is 14.8. The molecule has 0 atom stereocenters. The lowest BCUT2D eigenvalue weighted by Crippen LogP contribution is -2.28. The number of ether oxygens (including phenoxy) is 1. The first-order valence-electron chi connectivity index (χ1n) is 6.59. The quantitative estimate of drug-likeness (QED) is 0.656. The molecule has 0 heterocycles. The van der Waals surface area contributed by atoms with E-state index in [1.165, 1.54) is 12.1 Å². The SMILES string of the molecule is Cc1ccc(F)cc1C(=O)NCCOc1ccc(N)cc1. The number of nitrogen functional groups attached to an aromatic ring is 1. The van der Waals surface area contributed by atoms with E-state index in [4.69, 9.17) is 10.5 Å². The summed E-state index contributed by atoms with van der Waals surface area (Å²) in [7, 11) is 0. The molecule has 2 aromatic rings. The van der Waals surface area contributed by atoms with Crippen molar-refractivity contribution in [2.45, 2.75) is 6.92 Å². The third kappa shape index (κ3) is 4.21. The maximum atomic E-state index is 13.1. The largest absolute Gasteiger partial charge is 0.492 e. The fourth-order valence-corrected chi connectivity index (χ4v) is 1.83. The lowest BCUT2D eigenvalue weighted by atomic mass is 10.1. The monoisotopic (exact) mass is 288 g/mol. The highest BCUT2D eigenvalue weighted by Gasteiger charge is 2.09. The van der Waals surface area contributed by atoms with E-state index < -0.39 is 5.82 Å². The van der Waals surface area contributed by atoms with Crippen molar-refractivity contribution in [3.8, 4) is 5.75 Å². The highest BCUT2D eigenvalue weighted by molar-refractivity contribution is 5.95. The van der Waals surface area contributed by atoms with E-state index in [0.717, 1.165) is 5.56 Å². The summed E-state index contributed by atoms with van der Waals surface area (Å²) in [5, 5.41) is 2.69. The number of amides is 1. The predicted octanol–water partition coefficient (Wildman–Crippen LogP) is 2.53. The summed E-state index contributed by atoms with van der Waals surface area (Å²) in [6.45, 7) is 2.42. The van der Waals surface area contributed by atoms with Gasteiger partial charge in [-0.25, -0.2) is 4.39 Å². The van der Waals surface area contributed by atoms with Gasteiger partial charge in [-0.3, -0.25) is 4.79 Å². The Morgan fingerprint density at radius 1 is 1.24 bits per heavy atom. The number of halogens is 1. The van der Waals surface area contributed by atoms with E-state index in [-0.39, 0.29) is 5.91 Å². The Hall–Kier alpha value is -2.56. The molecule has 0 aliphatic carbocycles. The first-order valence-corrected chi connectivity index (χ1v) is 6.59. The molecule has 1 amide bonds. The van der Waals surface area contributed by atoms with Crippen molar-refractivity contribution in [1.29, 1.82) is 0 Å². The number of nitrogens with one attached hydrogen (secondary N) is 1. The third-order valence-electron chi connectivity index (χ3n) is 2.98. The number of carbonyl (C=O) groups is 1. The zero-order valence-corrected chi connectivity index (χ0v) is 11.7. The second-order valence-electron chi connectivity index (χ2n) is 4.63. The van der Waals surface area contributed by atoms with Crippen LogP contribution >= 0.6 is 0 Å². The molecule has 0 aromatic heterocycles. The fourth-order valence-electron chi connectivity index (χ4n) is 1.83. The Kier molecular flexibility index (Phi) is 4.77. The summed E-state index contributed by atoms with van der Waals surface area (Å²) in [6.07, 6.45) is 0. The summed E-state index contributed by atoms with van der Waals surface area (Å²) < 4.78 is 18.6. The molecule has 5 heteroatoms. The molecule has 110 valence electrons. The molecule has 0 spiro atoms. The standard InChI is InChI=1S/C16H17FN2O2/c1-11-2-3-12(17)10-15(11)16(20)19-8-9-21-14-6-4-13(18)5-7-14/h2-7,10H,8-9,18H2,1H3,(H,19,20). The first-order chi connectivity index (χ1) is 10.1. The summed E-state index contributed by atoms with van der Waals surface area (Å²) in [6, 6.07) is 11.1. The Morgan fingerprint density at radius 3 is 2.67 bits per heavy atom. The van der Waals surface area contributed by atoms with Gasteiger partial charge < -0.3 is 15.8 Å². The normalized spacial score (nSPS) is 10.2. The van der Waals surface area contributed by atoms with Gasteiger partial charge in [0.05, 0.1) is 6.54 Å². The molecule has 0 fully saturated rings. The Labute approximate surface area is 122 Å². The minimum absolute atomic E-state index is 0.312. The molecule has 3 N–H and O–H groups in total. The molecule has 0 bridgehead atoms. The van der Waals surface area contributed by atoms with Crippen LogP contribution in [0.4, 0.5) is 10.1 Å². The lowest BCUT2D eigenvalue weighted by molar-refractivity contribution is 0.0946. The van der Waals surface area contributed by atoms with Crippen molar-refractivity contribution in [2.75, 3.05) is 18.9 Å². The van der Waals surface area contributed by atoms with Gasteiger partial charge in [0.1, 0.15) is 18.2 Å². The molecular formula is C16H17FN2O2. The molecule has 0 saturated carbocycles.